The van der Waals surface area contributed by atoms with Crippen molar-refractivity contribution in [3.05, 3.63) is 0 Å². The Kier molecular flexibility index (Phi) is 23.2. The van der Waals surface area contributed by atoms with Gasteiger partial charge in [-0.2, -0.15) is 0 Å². The van der Waals surface area contributed by atoms with Crippen LogP contribution in [0.3, 0.4) is 0 Å². The first-order chi connectivity index (χ1) is 16.1. The molecule has 0 amide bonds. The van der Waals surface area contributed by atoms with E-state index in [1.165, 1.54) is 135 Å². The van der Waals surface area contributed by atoms with Gasteiger partial charge in [0.25, 0.3) is 5.97 Å². The van der Waals surface area contributed by atoms with Gasteiger partial charge in [-0.25, -0.2) is 0 Å². The van der Waals surface area contributed by atoms with Crippen molar-refractivity contribution in [1.29, 1.82) is 0 Å². The van der Waals surface area contributed by atoms with E-state index in [1.807, 2.05) is 0 Å². The van der Waals surface area contributed by atoms with Crippen molar-refractivity contribution in [3.63, 3.8) is 0 Å². The molecule has 0 aromatic rings. The van der Waals surface area contributed by atoms with Crippen LogP contribution in [-0.2, 0) is 9.22 Å². The first-order valence-corrected chi connectivity index (χ1v) is 16.0. The molecule has 1 unspecified atom stereocenters. The van der Waals surface area contributed by atoms with Gasteiger partial charge in [0, 0.05) is 0 Å². The third kappa shape index (κ3) is 15.3. The summed E-state index contributed by atoms with van der Waals surface area (Å²) in [5.74, 6) is 0.683. The number of hydrogen-bond acceptors (Lipinski definition) is 2. The number of unbranched alkanes of at least 4 members (excludes halogenated alkanes) is 15. The van der Waals surface area contributed by atoms with E-state index in [2.05, 4.69) is 27.7 Å². The zero-order valence-electron chi connectivity index (χ0n) is 23.7. The van der Waals surface area contributed by atoms with E-state index in [4.69, 9.17) is 4.43 Å². The Hall–Kier alpha value is -0.313. The summed E-state index contributed by atoms with van der Waals surface area (Å²) in [4.78, 5) is 13.5. The van der Waals surface area contributed by atoms with Gasteiger partial charge in [0.15, 0.2) is 0 Å². The van der Waals surface area contributed by atoms with Gasteiger partial charge < -0.3 is 4.43 Å². The fourth-order valence-corrected chi connectivity index (χ4v) is 6.17. The van der Waals surface area contributed by atoms with Crippen LogP contribution >= 0.6 is 0 Å². The van der Waals surface area contributed by atoms with Crippen molar-refractivity contribution in [2.75, 3.05) is 0 Å². The highest BCUT2D eigenvalue weighted by atomic mass is 28.2. The molecule has 0 aliphatic heterocycles. The third-order valence-electron chi connectivity index (χ3n) is 7.87. The van der Waals surface area contributed by atoms with E-state index in [9.17, 15) is 4.79 Å². The largest absolute Gasteiger partial charge is 0.528 e. The summed E-state index contributed by atoms with van der Waals surface area (Å²) in [6.45, 7) is 9.16. The number of carbonyl (C=O) groups is 1. The normalized spacial score (nSPS) is 12.8. The fourth-order valence-electron chi connectivity index (χ4n) is 5.77. The molecule has 0 aliphatic rings. The molecule has 0 N–H and O–H groups in total. The second-order valence-corrected chi connectivity index (χ2v) is 11.1. The van der Waals surface area contributed by atoms with Crippen LogP contribution in [-0.4, -0.2) is 16.5 Å². The van der Waals surface area contributed by atoms with Gasteiger partial charge in [0.05, 0.1) is 5.41 Å². The van der Waals surface area contributed by atoms with Crippen LogP contribution in [0.25, 0.3) is 0 Å². The van der Waals surface area contributed by atoms with E-state index in [0.717, 1.165) is 12.8 Å². The summed E-state index contributed by atoms with van der Waals surface area (Å²) in [6.07, 6.45) is 29.4. The minimum atomic E-state index is -0.212. The standard InChI is InChI=1S/C30H62O2Si/c1-5-9-12-15-18-21-25-28(24-8-4)30(29(31)32-33,26-22-19-16-13-10-6-2)27-23-20-17-14-11-7-3/h28H,5-27H2,1-4,33H3. The molecule has 0 radical (unpaired) electrons. The molecule has 2 nitrogen and oxygen atoms in total. The Morgan fingerprint density at radius 3 is 1.36 bits per heavy atom. The van der Waals surface area contributed by atoms with E-state index in [0.29, 0.717) is 16.4 Å². The first-order valence-electron chi connectivity index (χ1n) is 15.2. The lowest BCUT2D eigenvalue weighted by atomic mass is 9.65. The highest BCUT2D eigenvalue weighted by Crippen LogP contribution is 2.45. The lowest BCUT2D eigenvalue weighted by molar-refractivity contribution is -0.151. The predicted octanol–water partition coefficient (Wildman–Crippen LogP) is 9.46. The van der Waals surface area contributed by atoms with Crippen molar-refractivity contribution in [1.82, 2.24) is 0 Å². The summed E-state index contributed by atoms with van der Waals surface area (Å²) >= 11 is 0. The molecule has 1 atom stereocenters. The molecule has 0 aromatic carbocycles. The van der Waals surface area contributed by atoms with E-state index >= 15 is 0 Å². The van der Waals surface area contributed by atoms with Gasteiger partial charge in [-0.3, -0.25) is 4.79 Å². The SMILES string of the molecule is CCCCCCCCC(CCC)C(CCCCCCCC)(CCCCCCCC)C(=O)O[SiH3]. The van der Waals surface area contributed by atoms with Crippen LogP contribution in [0.15, 0.2) is 0 Å². The quantitative estimate of drug-likeness (QED) is 0.0956. The molecular weight excluding hydrogens is 420 g/mol. The maximum absolute atomic E-state index is 13.5. The number of hydrogen-bond donors (Lipinski definition) is 0. The Balaban J connectivity index is 5.21. The minimum Gasteiger partial charge on any atom is -0.528 e. The summed E-state index contributed by atoms with van der Waals surface area (Å²) < 4.78 is 5.69. The number of carbonyl (C=O) groups excluding carboxylic acids is 1. The molecule has 198 valence electrons. The first kappa shape index (κ1) is 32.7. The predicted molar refractivity (Wildman–Crippen MR) is 151 cm³/mol. The molecule has 0 aromatic heterocycles. The molecule has 0 fully saturated rings. The Morgan fingerprint density at radius 2 is 0.970 bits per heavy atom. The van der Waals surface area contributed by atoms with Crippen molar-refractivity contribution >= 4 is 16.5 Å². The fraction of sp³-hybridized carbons (Fsp3) is 0.967. The molecule has 33 heavy (non-hydrogen) atoms. The molecule has 0 saturated carbocycles. The van der Waals surface area contributed by atoms with Crippen molar-refractivity contribution < 1.29 is 9.22 Å². The second-order valence-electron chi connectivity index (χ2n) is 10.7. The molecule has 0 spiro atoms. The van der Waals surface area contributed by atoms with E-state index < -0.39 is 0 Å². The van der Waals surface area contributed by atoms with Crippen LogP contribution in [0.5, 0.6) is 0 Å². The molecule has 0 saturated heterocycles. The van der Waals surface area contributed by atoms with Crippen LogP contribution in [0.4, 0.5) is 0 Å². The van der Waals surface area contributed by atoms with E-state index in [-0.39, 0.29) is 11.4 Å². The molecule has 0 heterocycles. The second kappa shape index (κ2) is 23.4. The van der Waals surface area contributed by atoms with Crippen LogP contribution in [0.1, 0.15) is 175 Å². The van der Waals surface area contributed by atoms with Gasteiger partial charge in [-0.05, 0) is 31.6 Å². The zero-order chi connectivity index (χ0) is 24.6. The zero-order valence-corrected chi connectivity index (χ0v) is 25.7. The molecule has 3 heteroatoms. The lowest BCUT2D eigenvalue weighted by Crippen LogP contribution is -2.40. The summed E-state index contributed by atoms with van der Waals surface area (Å²) in [5.41, 5.74) is -0.212. The maximum Gasteiger partial charge on any atom is 0.298 e. The average molecular weight is 483 g/mol. The smallest absolute Gasteiger partial charge is 0.298 e. The van der Waals surface area contributed by atoms with Crippen LogP contribution < -0.4 is 0 Å². The van der Waals surface area contributed by atoms with Gasteiger partial charge in [-0.1, -0.05) is 150 Å². The highest BCUT2D eigenvalue weighted by Gasteiger charge is 2.44. The molecule has 0 rings (SSSR count). The van der Waals surface area contributed by atoms with Crippen molar-refractivity contribution in [3.8, 4) is 0 Å². The van der Waals surface area contributed by atoms with Gasteiger partial charge in [0.2, 0.25) is 10.5 Å². The topological polar surface area (TPSA) is 26.3 Å². The third-order valence-corrected chi connectivity index (χ3v) is 8.24. The Labute approximate surface area is 212 Å². The lowest BCUT2D eigenvalue weighted by Gasteiger charge is -2.39. The summed E-state index contributed by atoms with van der Waals surface area (Å²) in [6, 6.07) is 0. The minimum absolute atomic E-state index is 0.167. The van der Waals surface area contributed by atoms with Crippen LogP contribution in [0, 0.1) is 11.3 Å². The average Bonchev–Trinajstić information content (AvgIpc) is 2.83. The van der Waals surface area contributed by atoms with Crippen molar-refractivity contribution in [2.45, 2.75) is 175 Å². The summed E-state index contributed by atoms with van der Waals surface area (Å²) in [5, 5.41) is 0. The molecular formula is C30H62O2Si. The summed E-state index contributed by atoms with van der Waals surface area (Å²) in [7, 11) is 0.532. The Morgan fingerprint density at radius 1 is 0.576 bits per heavy atom. The van der Waals surface area contributed by atoms with E-state index in [1.54, 1.807) is 0 Å². The molecule has 0 bridgehead atoms. The highest BCUT2D eigenvalue weighted by molar-refractivity contribution is 6.06. The maximum atomic E-state index is 13.5. The monoisotopic (exact) mass is 482 g/mol. The van der Waals surface area contributed by atoms with Gasteiger partial charge in [-0.15, -0.1) is 0 Å². The van der Waals surface area contributed by atoms with Crippen molar-refractivity contribution in [2.24, 2.45) is 11.3 Å². The molecule has 0 aliphatic carbocycles. The Bertz CT molecular complexity index is 408. The van der Waals surface area contributed by atoms with Gasteiger partial charge >= 0.3 is 0 Å². The van der Waals surface area contributed by atoms with Crippen LogP contribution in [0.2, 0.25) is 0 Å². The van der Waals surface area contributed by atoms with Gasteiger partial charge in [0.1, 0.15) is 0 Å². The number of rotatable bonds is 25.